The molecule has 2 rings (SSSR count). The van der Waals surface area contributed by atoms with Crippen LogP contribution in [0.4, 0.5) is 5.82 Å². The maximum atomic E-state index is 5.89. The van der Waals surface area contributed by atoms with Crippen LogP contribution in [-0.4, -0.2) is 48.9 Å². The number of methoxy groups -OCH3 is 1. The lowest BCUT2D eigenvalue weighted by Gasteiger charge is -2.39. The van der Waals surface area contributed by atoms with Gasteiger partial charge in [0.25, 0.3) is 0 Å². The predicted octanol–water partition coefficient (Wildman–Crippen LogP) is 1.21. The molecule has 1 aromatic heterocycles. The lowest BCUT2D eigenvalue weighted by Crippen LogP contribution is -2.49. The smallest absolute Gasteiger partial charge is 0.218 e. The average Bonchev–Trinajstić information content (AvgIpc) is 2.52. The minimum atomic E-state index is 0.252. The van der Waals surface area contributed by atoms with Crippen LogP contribution in [0.15, 0.2) is 12.4 Å². The van der Waals surface area contributed by atoms with Gasteiger partial charge in [-0.25, -0.2) is 9.97 Å². The van der Waals surface area contributed by atoms with E-state index in [2.05, 4.69) is 21.8 Å². The lowest BCUT2D eigenvalue weighted by atomic mass is 9.99. The van der Waals surface area contributed by atoms with E-state index in [1.165, 1.54) is 0 Å². The zero-order valence-corrected chi connectivity index (χ0v) is 12.3. The first kappa shape index (κ1) is 15.0. The molecule has 0 aromatic carbocycles. The highest BCUT2D eigenvalue weighted by Crippen LogP contribution is 2.25. The summed E-state index contributed by atoms with van der Waals surface area (Å²) in [6.07, 6.45) is 4.72. The van der Waals surface area contributed by atoms with E-state index in [9.17, 15) is 0 Å². The number of aromatic nitrogens is 2. The van der Waals surface area contributed by atoms with Gasteiger partial charge in [0.1, 0.15) is 12.1 Å². The third kappa shape index (κ3) is 3.58. The molecule has 2 N–H and O–H groups in total. The fourth-order valence-corrected chi connectivity index (χ4v) is 2.53. The SMILES string of the molecule is CCCOc1cc(N2CCC(OC)CC2CN)ncn1. The first-order valence-corrected chi connectivity index (χ1v) is 7.22. The van der Waals surface area contributed by atoms with Gasteiger partial charge in [-0.1, -0.05) is 6.92 Å². The molecule has 2 heterocycles. The first-order valence-electron chi connectivity index (χ1n) is 7.22. The summed E-state index contributed by atoms with van der Waals surface area (Å²) in [4.78, 5) is 10.7. The van der Waals surface area contributed by atoms with Crippen molar-refractivity contribution in [2.24, 2.45) is 5.73 Å². The van der Waals surface area contributed by atoms with E-state index in [0.29, 0.717) is 19.0 Å². The summed E-state index contributed by atoms with van der Waals surface area (Å²) in [5, 5.41) is 0. The molecular weight excluding hydrogens is 256 g/mol. The Morgan fingerprint density at radius 2 is 2.30 bits per heavy atom. The van der Waals surface area contributed by atoms with Gasteiger partial charge in [-0.2, -0.15) is 0 Å². The van der Waals surface area contributed by atoms with E-state index < -0.39 is 0 Å². The lowest BCUT2D eigenvalue weighted by molar-refractivity contribution is 0.0707. The predicted molar refractivity (Wildman–Crippen MR) is 78.0 cm³/mol. The van der Waals surface area contributed by atoms with Crippen molar-refractivity contribution >= 4 is 5.82 Å². The molecule has 0 spiro atoms. The highest BCUT2D eigenvalue weighted by Gasteiger charge is 2.28. The van der Waals surface area contributed by atoms with Gasteiger partial charge in [0, 0.05) is 32.3 Å². The minimum absolute atomic E-state index is 0.252. The van der Waals surface area contributed by atoms with Crippen LogP contribution >= 0.6 is 0 Å². The van der Waals surface area contributed by atoms with Gasteiger partial charge in [-0.3, -0.25) is 0 Å². The fraction of sp³-hybridized carbons (Fsp3) is 0.714. The highest BCUT2D eigenvalue weighted by molar-refractivity contribution is 5.42. The van der Waals surface area contributed by atoms with E-state index in [1.807, 2.05) is 6.07 Å². The average molecular weight is 280 g/mol. The topological polar surface area (TPSA) is 73.5 Å². The van der Waals surface area contributed by atoms with Gasteiger partial charge in [0.05, 0.1) is 12.7 Å². The van der Waals surface area contributed by atoms with Gasteiger partial charge in [0.2, 0.25) is 5.88 Å². The van der Waals surface area contributed by atoms with Crippen molar-refractivity contribution in [2.75, 3.05) is 31.7 Å². The Morgan fingerprint density at radius 1 is 1.45 bits per heavy atom. The molecule has 1 aliphatic heterocycles. The summed E-state index contributed by atoms with van der Waals surface area (Å²) in [5.74, 6) is 1.51. The Morgan fingerprint density at radius 3 is 3.00 bits per heavy atom. The molecule has 112 valence electrons. The Balaban J connectivity index is 2.09. The molecule has 6 heteroatoms. The molecule has 2 atom stereocenters. The molecule has 0 saturated carbocycles. The van der Waals surface area contributed by atoms with Crippen LogP contribution in [0.3, 0.4) is 0 Å². The van der Waals surface area contributed by atoms with Crippen LogP contribution in [0.2, 0.25) is 0 Å². The van der Waals surface area contributed by atoms with Gasteiger partial charge < -0.3 is 20.1 Å². The molecule has 0 amide bonds. The molecular formula is C14H24N4O2. The zero-order valence-electron chi connectivity index (χ0n) is 12.3. The first-order chi connectivity index (χ1) is 9.78. The number of nitrogens with two attached hydrogens (primary N) is 1. The van der Waals surface area contributed by atoms with Gasteiger partial charge in [0.15, 0.2) is 0 Å². The number of hydrogen-bond donors (Lipinski definition) is 1. The number of ether oxygens (including phenoxy) is 2. The maximum Gasteiger partial charge on any atom is 0.218 e. The van der Waals surface area contributed by atoms with Gasteiger partial charge in [-0.05, 0) is 19.3 Å². The number of rotatable bonds is 6. The summed E-state index contributed by atoms with van der Waals surface area (Å²) in [7, 11) is 1.76. The van der Waals surface area contributed by atoms with Crippen molar-refractivity contribution in [3.05, 3.63) is 12.4 Å². The second-order valence-electron chi connectivity index (χ2n) is 5.03. The van der Waals surface area contributed by atoms with Crippen LogP contribution in [-0.2, 0) is 4.74 Å². The Bertz CT molecular complexity index is 416. The third-order valence-corrected chi connectivity index (χ3v) is 3.65. The standard InChI is InChI=1S/C14H24N4O2/c1-3-6-20-14-8-13(16-10-17-14)18-5-4-12(19-2)7-11(18)9-15/h8,10-12H,3-7,9,15H2,1-2H3. The number of anilines is 1. The van der Waals surface area contributed by atoms with Crippen LogP contribution in [0, 0.1) is 0 Å². The molecule has 0 bridgehead atoms. The Hall–Kier alpha value is -1.40. The van der Waals surface area contributed by atoms with Crippen molar-refractivity contribution in [2.45, 2.75) is 38.3 Å². The van der Waals surface area contributed by atoms with E-state index in [-0.39, 0.29) is 12.1 Å². The summed E-state index contributed by atoms with van der Waals surface area (Å²) < 4.78 is 11.0. The molecule has 1 aliphatic rings. The largest absolute Gasteiger partial charge is 0.478 e. The maximum absolute atomic E-state index is 5.89. The van der Waals surface area contributed by atoms with Crippen LogP contribution in [0.1, 0.15) is 26.2 Å². The normalized spacial score (nSPS) is 22.9. The van der Waals surface area contributed by atoms with Crippen molar-refractivity contribution in [3.63, 3.8) is 0 Å². The van der Waals surface area contributed by atoms with Crippen molar-refractivity contribution in [1.29, 1.82) is 0 Å². The van der Waals surface area contributed by atoms with Crippen molar-refractivity contribution in [3.8, 4) is 5.88 Å². The molecule has 1 fully saturated rings. The van der Waals surface area contributed by atoms with Crippen LogP contribution in [0.25, 0.3) is 0 Å². The summed E-state index contributed by atoms with van der Waals surface area (Å²) in [6, 6.07) is 2.15. The summed E-state index contributed by atoms with van der Waals surface area (Å²) in [5.41, 5.74) is 5.89. The van der Waals surface area contributed by atoms with E-state index in [4.69, 9.17) is 15.2 Å². The number of piperidine rings is 1. The van der Waals surface area contributed by atoms with E-state index >= 15 is 0 Å². The zero-order chi connectivity index (χ0) is 14.4. The Kier molecular flexibility index (Phi) is 5.55. The number of hydrogen-bond acceptors (Lipinski definition) is 6. The van der Waals surface area contributed by atoms with E-state index in [0.717, 1.165) is 31.6 Å². The minimum Gasteiger partial charge on any atom is -0.478 e. The summed E-state index contributed by atoms with van der Waals surface area (Å²) >= 11 is 0. The molecule has 20 heavy (non-hydrogen) atoms. The quantitative estimate of drug-likeness (QED) is 0.844. The van der Waals surface area contributed by atoms with Crippen molar-refractivity contribution in [1.82, 2.24) is 9.97 Å². The number of nitrogens with zero attached hydrogens (tertiary/aromatic N) is 3. The molecule has 1 saturated heterocycles. The second-order valence-corrected chi connectivity index (χ2v) is 5.03. The van der Waals surface area contributed by atoms with E-state index in [1.54, 1.807) is 13.4 Å². The van der Waals surface area contributed by atoms with Gasteiger partial charge >= 0.3 is 0 Å². The van der Waals surface area contributed by atoms with Crippen LogP contribution in [0.5, 0.6) is 5.88 Å². The monoisotopic (exact) mass is 280 g/mol. The Labute approximate surface area is 120 Å². The summed E-state index contributed by atoms with van der Waals surface area (Å²) in [6.45, 7) is 4.23. The molecule has 1 aromatic rings. The molecule has 6 nitrogen and oxygen atoms in total. The highest BCUT2D eigenvalue weighted by atomic mass is 16.5. The molecule has 0 radical (unpaired) electrons. The fourth-order valence-electron chi connectivity index (χ4n) is 2.53. The van der Waals surface area contributed by atoms with Crippen molar-refractivity contribution < 1.29 is 9.47 Å². The molecule has 2 unspecified atom stereocenters. The molecule has 0 aliphatic carbocycles. The third-order valence-electron chi connectivity index (χ3n) is 3.65. The second kappa shape index (κ2) is 7.40. The van der Waals surface area contributed by atoms with Crippen LogP contribution < -0.4 is 15.4 Å². The van der Waals surface area contributed by atoms with Gasteiger partial charge in [-0.15, -0.1) is 0 Å².